The van der Waals surface area contributed by atoms with E-state index >= 15 is 0 Å². The zero-order valence-electron chi connectivity index (χ0n) is 5.11. The quantitative estimate of drug-likeness (QED) is 0.428. The van der Waals surface area contributed by atoms with Gasteiger partial charge in [-0.15, -0.1) is 10.1 Å². The first-order chi connectivity index (χ1) is 4.16. The third-order valence-electron chi connectivity index (χ3n) is 0.776. The second kappa shape index (κ2) is 4.08. The van der Waals surface area contributed by atoms with Gasteiger partial charge in [0.15, 0.2) is 0 Å². The van der Waals surface area contributed by atoms with Crippen molar-refractivity contribution in [3.8, 4) is 0 Å². The Morgan fingerprint density at radius 1 is 1.89 bits per heavy atom. The molecule has 0 aliphatic rings. The van der Waals surface area contributed by atoms with Crippen molar-refractivity contribution >= 4 is 0 Å². The molecule has 0 aromatic heterocycles. The van der Waals surface area contributed by atoms with Crippen LogP contribution in [0.15, 0.2) is 0 Å². The van der Waals surface area contributed by atoms with E-state index in [0.717, 1.165) is 0 Å². The molecule has 0 radical (unpaired) electrons. The Kier molecular flexibility index (Phi) is 3.70. The third-order valence-corrected chi connectivity index (χ3v) is 0.776. The lowest BCUT2D eigenvalue weighted by molar-refractivity contribution is -0.759. The fourth-order valence-electron chi connectivity index (χ4n) is 0.241. The standard InChI is InChI=1S/C4H9NO4/c1-4(2-6)3-9-5(7)8/h4,6H,2-3H2,1H3. The first-order valence-corrected chi connectivity index (χ1v) is 2.55. The summed E-state index contributed by atoms with van der Waals surface area (Å²) in [6.07, 6.45) is 0. The van der Waals surface area contributed by atoms with Crippen molar-refractivity contribution < 1.29 is 15.0 Å². The van der Waals surface area contributed by atoms with E-state index < -0.39 is 5.09 Å². The van der Waals surface area contributed by atoms with Crippen molar-refractivity contribution in [1.29, 1.82) is 0 Å². The van der Waals surface area contributed by atoms with Crippen LogP contribution in [0, 0.1) is 16.0 Å². The van der Waals surface area contributed by atoms with E-state index in [1.807, 2.05) is 0 Å². The van der Waals surface area contributed by atoms with E-state index in [1.54, 1.807) is 6.92 Å². The largest absolute Gasteiger partial charge is 0.396 e. The highest BCUT2D eigenvalue weighted by Gasteiger charge is 2.01. The van der Waals surface area contributed by atoms with Crippen LogP contribution in [-0.4, -0.2) is 23.4 Å². The second-order valence-electron chi connectivity index (χ2n) is 1.81. The average Bonchev–Trinajstić information content (AvgIpc) is 1.83. The molecule has 1 N–H and O–H groups in total. The summed E-state index contributed by atoms with van der Waals surface area (Å²) in [5.41, 5.74) is 0. The lowest BCUT2D eigenvalue weighted by Gasteiger charge is -2.03. The number of aliphatic hydroxyl groups excluding tert-OH is 1. The van der Waals surface area contributed by atoms with Crippen LogP contribution < -0.4 is 0 Å². The highest BCUT2D eigenvalue weighted by Crippen LogP contribution is 1.92. The Bertz CT molecular complexity index is 94.6. The van der Waals surface area contributed by atoms with Crippen LogP contribution in [0.4, 0.5) is 0 Å². The predicted octanol–water partition coefficient (Wildman–Crippen LogP) is -0.177. The van der Waals surface area contributed by atoms with Crippen LogP contribution in [0.3, 0.4) is 0 Å². The van der Waals surface area contributed by atoms with Crippen LogP contribution in [0.2, 0.25) is 0 Å². The lowest BCUT2D eigenvalue weighted by Crippen LogP contribution is -2.12. The zero-order valence-corrected chi connectivity index (χ0v) is 5.11. The average molecular weight is 135 g/mol. The summed E-state index contributed by atoms with van der Waals surface area (Å²) in [4.78, 5) is 13.5. The minimum Gasteiger partial charge on any atom is -0.396 e. The maximum atomic E-state index is 9.52. The van der Waals surface area contributed by atoms with Crippen LogP contribution in [0.5, 0.6) is 0 Å². The van der Waals surface area contributed by atoms with Crippen molar-refractivity contribution in [3.05, 3.63) is 10.1 Å². The summed E-state index contributed by atoms with van der Waals surface area (Å²) in [7, 11) is 0. The van der Waals surface area contributed by atoms with Gasteiger partial charge in [0.1, 0.15) is 6.61 Å². The molecule has 0 aliphatic carbocycles. The number of hydrogen-bond acceptors (Lipinski definition) is 4. The first-order valence-electron chi connectivity index (χ1n) is 2.55. The van der Waals surface area contributed by atoms with Gasteiger partial charge in [-0.25, -0.2) is 0 Å². The predicted molar refractivity (Wildman–Crippen MR) is 29.2 cm³/mol. The first kappa shape index (κ1) is 8.16. The van der Waals surface area contributed by atoms with Crippen molar-refractivity contribution in [2.45, 2.75) is 6.92 Å². The molecule has 5 nitrogen and oxygen atoms in total. The second-order valence-corrected chi connectivity index (χ2v) is 1.81. The molecule has 1 atom stereocenters. The van der Waals surface area contributed by atoms with Crippen LogP contribution in [0.25, 0.3) is 0 Å². The van der Waals surface area contributed by atoms with Crippen LogP contribution in [0.1, 0.15) is 6.92 Å². The SMILES string of the molecule is CC(CO)CO[N+](=O)[O-]. The molecule has 0 saturated carbocycles. The molecule has 0 saturated heterocycles. The molecule has 0 fully saturated rings. The minimum atomic E-state index is -0.869. The molecular weight excluding hydrogens is 126 g/mol. The number of hydrogen-bond donors (Lipinski definition) is 1. The van der Waals surface area contributed by atoms with Crippen molar-refractivity contribution in [2.24, 2.45) is 5.92 Å². The van der Waals surface area contributed by atoms with E-state index in [9.17, 15) is 10.1 Å². The molecule has 1 unspecified atom stereocenters. The van der Waals surface area contributed by atoms with Crippen LogP contribution >= 0.6 is 0 Å². The Morgan fingerprint density at radius 3 is 2.78 bits per heavy atom. The highest BCUT2D eigenvalue weighted by atomic mass is 16.9. The molecule has 0 rings (SSSR count). The molecule has 54 valence electrons. The minimum absolute atomic E-state index is 0.0382. The maximum absolute atomic E-state index is 9.52. The molecule has 0 aromatic rings. The van der Waals surface area contributed by atoms with Gasteiger partial charge >= 0.3 is 0 Å². The van der Waals surface area contributed by atoms with E-state index in [-0.39, 0.29) is 19.1 Å². The van der Waals surface area contributed by atoms with Gasteiger partial charge in [0.05, 0.1) is 0 Å². The van der Waals surface area contributed by atoms with E-state index in [0.29, 0.717) is 0 Å². The summed E-state index contributed by atoms with van der Waals surface area (Å²) < 4.78 is 0. The molecule has 0 aromatic carbocycles. The van der Waals surface area contributed by atoms with Gasteiger partial charge in [-0.2, -0.15) is 0 Å². The van der Waals surface area contributed by atoms with Gasteiger partial charge in [-0.3, -0.25) is 0 Å². The Labute approximate surface area is 52.3 Å². The fraction of sp³-hybridized carbons (Fsp3) is 1.00. The molecular formula is C4H9NO4. The Morgan fingerprint density at radius 2 is 2.44 bits per heavy atom. The fourth-order valence-corrected chi connectivity index (χ4v) is 0.241. The maximum Gasteiger partial charge on any atom is 0.294 e. The molecule has 0 aliphatic heterocycles. The van der Waals surface area contributed by atoms with Gasteiger partial charge < -0.3 is 9.94 Å². The van der Waals surface area contributed by atoms with Gasteiger partial charge in [0, 0.05) is 12.5 Å². The van der Waals surface area contributed by atoms with Crippen molar-refractivity contribution in [3.63, 3.8) is 0 Å². The number of rotatable bonds is 4. The van der Waals surface area contributed by atoms with Gasteiger partial charge in [0.25, 0.3) is 5.09 Å². The molecule has 5 heteroatoms. The summed E-state index contributed by atoms with van der Waals surface area (Å²) in [6.45, 7) is 1.53. The van der Waals surface area contributed by atoms with Crippen molar-refractivity contribution in [2.75, 3.05) is 13.2 Å². The van der Waals surface area contributed by atoms with E-state index in [4.69, 9.17) is 5.11 Å². The summed E-state index contributed by atoms with van der Waals surface area (Å²) in [5, 5.41) is 17.0. The van der Waals surface area contributed by atoms with Gasteiger partial charge in [-0.05, 0) is 0 Å². The smallest absolute Gasteiger partial charge is 0.294 e. The van der Waals surface area contributed by atoms with Gasteiger partial charge in [0.2, 0.25) is 0 Å². The molecule has 0 heterocycles. The van der Waals surface area contributed by atoms with Crippen LogP contribution in [-0.2, 0) is 4.84 Å². The van der Waals surface area contributed by atoms with Crippen molar-refractivity contribution in [1.82, 2.24) is 0 Å². The topological polar surface area (TPSA) is 72.6 Å². The summed E-state index contributed by atoms with van der Waals surface area (Å²) >= 11 is 0. The monoisotopic (exact) mass is 135 g/mol. The zero-order chi connectivity index (χ0) is 7.28. The van der Waals surface area contributed by atoms with E-state index in [1.165, 1.54) is 0 Å². The molecule has 9 heavy (non-hydrogen) atoms. The van der Waals surface area contributed by atoms with E-state index in [2.05, 4.69) is 4.84 Å². The number of nitrogens with zero attached hydrogens (tertiary/aromatic N) is 1. The normalized spacial score (nSPS) is 12.7. The third kappa shape index (κ3) is 5.02. The molecule has 0 bridgehead atoms. The number of aliphatic hydroxyl groups is 1. The molecule has 0 amide bonds. The van der Waals surface area contributed by atoms with Gasteiger partial charge in [-0.1, -0.05) is 6.92 Å². The summed E-state index contributed by atoms with van der Waals surface area (Å²) in [6, 6.07) is 0. The Balaban J connectivity index is 3.16. The molecule has 0 spiro atoms. The lowest BCUT2D eigenvalue weighted by atomic mass is 10.2. The Hall–Kier alpha value is -0.840. The summed E-state index contributed by atoms with van der Waals surface area (Å²) in [5.74, 6) is -0.171. The highest BCUT2D eigenvalue weighted by molar-refractivity contribution is 4.43.